The van der Waals surface area contributed by atoms with Crippen molar-refractivity contribution in [3.8, 4) is 11.5 Å². The zero-order valence-corrected chi connectivity index (χ0v) is 19.2. The summed E-state index contributed by atoms with van der Waals surface area (Å²) in [6, 6.07) is 4.37. The maximum Gasteiger partial charge on any atom is 0.227 e. The van der Waals surface area contributed by atoms with Crippen molar-refractivity contribution in [1.29, 1.82) is 0 Å². The Hall–Kier alpha value is -2.28. The molecule has 1 aliphatic heterocycles. The van der Waals surface area contributed by atoms with Crippen LogP contribution in [0.4, 0.5) is 11.8 Å². The number of likely N-dealkylation sites (tertiary alicyclic amines) is 1. The van der Waals surface area contributed by atoms with E-state index in [0.717, 1.165) is 81.0 Å². The van der Waals surface area contributed by atoms with Crippen LogP contribution in [0, 0.1) is 0 Å². The van der Waals surface area contributed by atoms with Crippen LogP contribution in [0.1, 0.15) is 46.0 Å². The van der Waals surface area contributed by atoms with E-state index in [1.807, 2.05) is 12.1 Å². The maximum absolute atomic E-state index is 5.55. The lowest BCUT2D eigenvalue weighted by Crippen LogP contribution is -2.37. The van der Waals surface area contributed by atoms with Gasteiger partial charge in [-0.3, -0.25) is 0 Å². The number of benzene rings is 1. The van der Waals surface area contributed by atoms with Gasteiger partial charge in [-0.05, 0) is 51.9 Å². The number of nitrogens with zero attached hydrogens (tertiary/aromatic N) is 4. The Bertz CT molecular complexity index is 821. The van der Waals surface area contributed by atoms with Gasteiger partial charge in [-0.15, -0.1) is 0 Å². The SMILES string of the molecule is CCCCN(CCC)c1nc(NC2CCN(C)CC2)c2cc(OC)c(OC)cc2n1. The van der Waals surface area contributed by atoms with Gasteiger partial charge in [-0.1, -0.05) is 20.3 Å². The van der Waals surface area contributed by atoms with Gasteiger partial charge in [0.15, 0.2) is 11.5 Å². The Morgan fingerprint density at radius 2 is 1.73 bits per heavy atom. The molecule has 7 heteroatoms. The summed E-state index contributed by atoms with van der Waals surface area (Å²) >= 11 is 0. The summed E-state index contributed by atoms with van der Waals surface area (Å²) in [5.74, 6) is 3.07. The molecule has 0 aliphatic carbocycles. The van der Waals surface area contributed by atoms with E-state index in [2.05, 4.69) is 36.0 Å². The second-order valence-electron chi connectivity index (χ2n) is 8.16. The van der Waals surface area contributed by atoms with Crippen LogP contribution in [0.2, 0.25) is 0 Å². The predicted molar refractivity (Wildman–Crippen MR) is 124 cm³/mol. The van der Waals surface area contributed by atoms with E-state index >= 15 is 0 Å². The summed E-state index contributed by atoms with van der Waals surface area (Å²) in [4.78, 5) is 14.6. The van der Waals surface area contributed by atoms with Crippen molar-refractivity contribution in [3.63, 3.8) is 0 Å². The van der Waals surface area contributed by atoms with Gasteiger partial charge >= 0.3 is 0 Å². The lowest BCUT2D eigenvalue weighted by atomic mass is 10.1. The third-order valence-electron chi connectivity index (χ3n) is 5.81. The zero-order valence-electron chi connectivity index (χ0n) is 19.2. The molecule has 0 bridgehead atoms. The average molecular weight is 416 g/mol. The number of methoxy groups -OCH3 is 2. The first kappa shape index (κ1) is 22.4. The number of anilines is 2. The lowest BCUT2D eigenvalue weighted by Gasteiger charge is -2.30. The largest absolute Gasteiger partial charge is 0.493 e. The third-order valence-corrected chi connectivity index (χ3v) is 5.81. The maximum atomic E-state index is 5.55. The quantitative estimate of drug-likeness (QED) is 0.625. The molecule has 1 aromatic carbocycles. The van der Waals surface area contributed by atoms with Crippen LogP contribution in [-0.2, 0) is 0 Å². The van der Waals surface area contributed by atoms with Crippen LogP contribution < -0.4 is 19.7 Å². The van der Waals surface area contributed by atoms with Crippen LogP contribution in [0.3, 0.4) is 0 Å². The molecule has 0 atom stereocenters. The van der Waals surface area contributed by atoms with Gasteiger partial charge in [0, 0.05) is 30.6 Å². The Kier molecular flexibility index (Phi) is 7.96. The second-order valence-corrected chi connectivity index (χ2v) is 8.16. The highest BCUT2D eigenvalue weighted by molar-refractivity contribution is 5.93. The number of hydrogen-bond acceptors (Lipinski definition) is 7. The third kappa shape index (κ3) is 5.25. The fourth-order valence-electron chi connectivity index (χ4n) is 3.97. The summed E-state index contributed by atoms with van der Waals surface area (Å²) in [5, 5.41) is 4.70. The number of hydrogen-bond donors (Lipinski definition) is 1. The lowest BCUT2D eigenvalue weighted by molar-refractivity contribution is 0.264. The molecule has 2 heterocycles. The average Bonchev–Trinajstić information content (AvgIpc) is 2.77. The topological polar surface area (TPSA) is 62.8 Å². The molecular weight excluding hydrogens is 378 g/mol. The summed E-state index contributed by atoms with van der Waals surface area (Å²) in [7, 11) is 5.51. The smallest absolute Gasteiger partial charge is 0.227 e. The molecule has 1 fully saturated rings. The molecule has 166 valence electrons. The fourth-order valence-corrected chi connectivity index (χ4v) is 3.97. The standard InChI is InChI=1S/C23H37N5O2/c1-6-8-12-28(11-7-2)23-25-19-16-21(30-5)20(29-4)15-18(19)22(26-23)24-17-9-13-27(3)14-10-17/h15-17H,6-14H2,1-5H3,(H,24,25,26). The molecule has 1 aromatic heterocycles. The molecular formula is C23H37N5O2. The monoisotopic (exact) mass is 415 g/mol. The van der Waals surface area contributed by atoms with Gasteiger partial charge in [0.1, 0.15) is 5.82 Å². The molecule has 0 spiro atoms. The van der Waals surface area contributed by atoms with Crippen LogP contribution in [0.25, 0.3) is 10.9 Å². The molecule has 0 amide bonds. The van der Waals surface area contributed by atoms with Crippen molar-refractivity contribution in [1.82, 2.24) is 14.9 Å². The van der Waals surface area contributed by atoms with E-state index in [0.29, 0.717) is 17.5 Å². The zero-order chi connectivity index (χ0) is 21.5. The van der Waals surface area contributed by atoms with Crippen LogP contribution >= 0.6 is 0 Å². The van der Waals surface area contributed by atoms with E-state index < -0.39 is 0 Å². The van der Waals surface area contributed by atoms with Gasteiger partial charge in [0.25, 0.3) is 0 Å². The minimum absolute atomic E-state index is 0.413. The van der Waals surface area contributed by atoms with E-state index in [1.54, 1.807) is 14.2 Å². The minimum Gasteiger partial charge on any atom is -0.493 e. The molecule has 1 saturated heterocycles. The summed E-state index contributed by atoms with van der Waals surface area (Å²) in [6.45, 7) is 8.54. The molecule has 0 radical (unpaired) electrons. The fraction of sp³-hybridized carbons (Fsp3) is 0.652. The van der Waals surface area contributed by atoms with Crippen molar-refractivity contribution < 1.29 is 9.47 Å². The van der Waals surface area contributed by atoms with E-state index in [-0.39, 0.29) is 0 Å². The number of rotatable bonds is 10. The second kappa shape index (κ2) is 10.7. The molecule has 1 aliphatic rings. The van der Waals surface area contributed by atoms with Crippen molar-refractivity contribution >= 4 is 22.7 Å². The molecule has 7 nitrogen and oxygen atoms in total. The van der Waals surface area contributed by atoms with Gasteiger partial charge in [-0.25, -0.2) is 4.98 Å². The number of ether oxygens (including phenoxy) is 2. The Morgan fingerprint density at radius 3 is 2.37 bits per heavy atom. The summed E-state index contributed by atoms with van der Waals surface area (Å²) in [5.41, 5.74) is 0.880. The number of fused-ring (bicyclic) bond motifs is 1. The Balaban J connectivity index is 2.04. The van der Waals surface area contributed by atoms with E-state index in [4.69, 9.17) is 19.4 Å². The number of piperidine rings is 1. The summed E-state index contributed by atoms with van der Waals surface area (Å²) in [6.07, 6.45) is 5.57. The van der Waals surface area contributed by atoms with Gasteiger partial charge in [0.05, 0.1) is 19.7 Å². The highest BCUT2D eigenvalue weighted by atomic mass is 16.5. The van der Waals surface area contributed by atoms with Crippen molar-refractivity contribution in [2.24, 2.45) is 0 Å². The molecule has 30 heavy (non-hydrogen) atoms. The normalized spacial score (nSPS) is 15.4. The first-order valence-electron chi connectivity index (χ1n) is 11.2. The minimum atomic E-state index is 0.413. The van der Waals surface area contributed by atoms with Gasteiger partial charge in [0.2, 0.25) is 5.95 Å². The Morgan fingerprint density at radius 1 is 1.03 bits per heavy atom. The van der Waals surface area contributed by atoms with Crippen LogP contribution in [0.15, 0.2) is 12.1 Å². The van der Waals surface area contributed by atoms with Crippen LogP contribution in [-0.4, -0.2) is 68.4 Å². The van der Waals surface area contributed by atoms with Crippen molar-refractivity contribution in [3.05, 3.63) is 12.1 Å². The van der Waals surface area contributed by atoms with Crippen LogP contribution in [0.5, 0.6) is 11.5 Å². The Labute approximate surface area is 180 Å². The molecule has 0 saturated carbocycles. The van der Waals surface area contributed by atoms with Crippen molar-refractivity contribution in [2.45, 2.75) is 52.0 Å². The highest BCUT2D eigenvalue weighted by Crippen LogP contribution is 2.35. The van der Waals surface area contributed by atoms with Gasteiger partial charge < -0.3 is 24.6 Å². The molecule has 1 N–H and O–H groups in total. The van der Waals surface area contributed by atoms with E-state index in [9.17, 15) is 0 Å². The molecule has 2 aromatic rings. The molecule has 0 unspecified atom stereocenters. The number of nitrogens with one attached hydrogen (secondary N) is 1. The first-order valence-corrected chi connectivity index (χ1v) is 11.2. The summed E-state index contributed by atoms with van der Waals surface area (Å²) < 4.78 is 11.1. The number of aromatic nitrogens is 2. The molecule has 3 rings (SSSR count). The van der Waals surface area contributed by atoms with Gasteiger partial charge in [-0.2, -0.15) is 4.98 Å². The first-order chi connectivity index (χ1) is 14.6. The number of unbranched alkanes of at least 4 members (excludes halogenated alkanes) is 1. The van der Waals surface area contributed by atoms with E-state index in [1.165, 1.54) is 0 Å². The predicted octanol–water partition coefficient (Wildman–Crippen LogP) is 4.17. The highest BCUT2D eigenvalue weighted by Gasteiger charge is 2.21. The van der Waals surface area contributed by atoms with Crippen molar-refractivity contribution in [2.75, 3.05) is 57.7 Å².